The maximum Gasteiger partial charge on any atom is 0.272 e. The van der Waals surface area contributed by atoms with Gasteiger partial charge in [-0.1, -0.05) is 6.07 Å². The summed E-state index contributed by atoms with van der Waals surface area (Å²) in [6.07, 6.45) is 5.67. The molecule has 4 rings (SSSR count). The Morgan fingerprint density at radius 3 is 2.60 bits per heavy atom. The molecule has 2 aromatic rings. The van der Waals surface area contributed by atoms with Crippen molar-refractivity contribution in [3.05, 3.63) is 47.0 Å². The van der Waals surface area contributed by atoms with E-state index in [4.69, 9.17) is 9.97 Å². The first-order valence-corrected chi connectivity index (χ1v) is 9.04. The molecule has 6 nitrogen and oxygen atoms in total. The molecule has 0 N–H and O–H groups in total. The van der Waals surface area contributed by atoms with Gasteiger partial charge in [-0.3, -0.25) is 9.78 Å². The van der Waals surface area contributed by atoms with E-state index in [9.17, 15) is 4.79 Å². The molecule has 0 aliphatic carbocycles. The van der Waals surface area contributed by atoms with E-state index in [0.29, 0.717) is 18.8 Å². The normalized spacial score (nSPS) is 17.3. The average molecular weight is 337 g/mol. The fourth-order valence-corrected chi connectivity index (χ4v) is 3.68. The van der Waals surface area contributed by atoms with Gasteiger partial charge in [0.1, 0.15) is 5.69 Å². The minimum absolute atomic E-state index is 0.00113. The summed E-state index contributed by atoms with van der Waals surface area (Å²) in [5, 5.41) is 0. The zero-order valence-corrected chi connectivity index (χ0v) is 14.6. The van der Waals surface area contributed by atoms with Crippen molar-refractivity contribution < 1.29 is 4.79 Å². The lowest BCUT2D eigenvalue weighted by Gasteiger charge is -2.19. The van der Waals surface area contributed by atoms with Crippen molar-refractivity contribution in [3.8, 4) is 0 Å². The second-order valence-electron chi connectivity index (χ2n) is 6.74. The van der Waals surface area contributed by atoms with E-state index in [1.807, 2.05) is 17.0 Å². The van der Waals surface area contributed by atoms with Crippen LogP contribution in [-0.4, -0.2) is 51.9 Å². The molecule has 0 aromatic carbocycles. The van der Waals surface area contributed by atoms with Crippen molar-refractivity contribution in [2.45, 2.75) is 32.6 Å². The van der Waals surface area contributed by atoms with Gasteiger partial charge in [-0.05, 0) is 43.9 Å². The summed E-state index contributed by atoms with van der Waals surface area (Å²) in [6, 6.07) is 5.45. The number of hydrogen-bond acceptors (Lipinski definition) is 5. The Kier molecular flexibility index (Phi) is 4.34. The molecular weight excluding hydrogens is 314 g/mol. The molecule has 2 aromatic heterocycles. The molecule has 0 atom stereocenters. The summed E-state index contributed by atoms with van der Waals surface area (Å²) in [7, 11) is 0. The zero-order chi connectivity index (χ0) is 17.2. The quantitative estimate of drug-likeness (QED) is 0.839. The smallest absolute Gasteiger partial charge is 0.272 e. The van der Waals surface area contributed by atoms with Crippen LogP contribution in [0.3, 0.4) is 0 Å². The molecule has 130 valence electrons. The molecule has 2 aliphatic heterocycles. The molecule has 1 fully saturated rings. The molecule has 1 saturated heterocycles. The van der Waals surface area contributed by atoms with E-state index >= 15 is 0 Å². The largest absolute Gasteiger partial charge is 0.341 e. The molecule has 0 radical (unpaired) electrons. The maximum atomic E-state index is 12.7. The topological polar surface area (TPSA) is 62.2 Å². The fourth-order valence-electron chi connectivity index (χ4n) is 3.68. The van der Waals surface area contributed by atoms with Crippen LogP contribution in [0.25, 0.3) is 0 Å². The lowest BCUT2D eigenvalue weighted by atomic mass is 10.1. The zero-order valence-electron chi connectivity index (χ0n) is 14.6. The van der Waals surface area contributed by atoms with Gasteiger partial charge in [0, 0.05) is 44.5 Å². The number of aryl methyl sites for hydroxylation is 1. The van der Waals surface area contributed by atoms with E-state index in [2.05, 4.69) is 16.8 Å². The summed E-state index contributed by atoms with van der Waals surface area (Å²) < 4.78 is 0. The molecule has 4 heterocycles. The highest BCUT2D eigenvalue weighted by atomic mass is 16.2. The highest BCUT2D eigenvalue weighted by molar-refractivity contribution is 5.92. The second kappa shape index (κ2) is 6.78. The van der Waals surface area contributed by atoms with Crippen LogP contribution < -0.4 is 4.90 Å². The third-order valence-electron chi connectivity index (χ3n) is 5.10. The first kappa shape index (κ1) is 16.0. The molecule has 25 heavy (non-hydrogen) atoms. The monoisotopic (exact) mass is 337 g/mol. The molecule has 0 saturated carbocycles. The van der Waals surface area contributed by atoms with Crippen molar-refractivity contribution >= 4 is 11.9 Å². The van der Waals surface area contributed by atoms with Gasteiger partial charge in [0.25, 0.3) is 5.91 Å². The van der Waals surface area contributed by atoms with Crippen LogP contribution in [0.4, 0.5) is 5.95 Å². The minimum atomic E-state index is -0.00113. The van der Waals surface area contributed by atoms with E-state index < -0.39 is 0 Å². The Balaban J connectivity index is 1.55. The lowest BCUT2D eigenvalue weighted by molar-refractivity contribution is 0.0757. The minimum Gasteiger partial charge on any atom is -0.341 e. The van der Waals surface area contributed by atoms with Crippen molar-refractivity contribution in [1.82, 2.24) is 19.9 Å². The highest BCUT2D eigenvalue weighted by Crippen LogP contribution is 2.23. The van der Waals surface area contributed by atoms with Crippen LogP contribution in [0.2, 0.25) is 0 Å². The number of amides is 1. The number of nitrogens with zero attached hydrogens (tertiary/aromatic N) is 5. The molecule has 0 spiro atoms. The number of pyridine rings is 1. The Hall–Kier alpha value is -2.50. The average Bonchev–Trinajstić information content (AvgIpc) is 3.09. The first-order chi connectivity index (χ1) is 12.2. The van der Waals surface area contributed by atoms with Gasteiger partial charge in [-0.2, -0.15) is 0 Å². The van der Waals surface area contributed by atoms with Crippen LogP contribution in [0, 0.1) is 6.92 Å². The van der Waals surface area contributed by atoms with E-state index in [-0.39, 0.29) is 5.91 Å². The van der Waals surface area contributed by atoms with Gasteiger partial charge in [0.15, 0.2) is 0 Å². The third kappa shape index (κ3) is 3.21. The van der Waals surface area contributed by atoms with E-state index in [1.54, 1.807) is 12.3 Å². The number of fused-ring (bicyclic) bond motifs is 1. The van der Waals surface area contributed by atoms with E-state index in [1.165, 1.54) is 18.4 Å². The fraction of sp³-hybridized carbons (Fsp3) is 0.474. The molecule has 6 heteroatoms. The molecule has 2 aliphatic rings. The molecule has 1 amide bonds. The van der Waals surface area contributed by atoms with Crippen molar-refractivity contribution in [3.63, 3.8) is 0 Å². The second-order valence-corrected chi connectivity index (χ2v) is 6.74. The predicted molar refractivity (Wildman–Crippen MR) is 95.8 cm³/mol. The van der Waals surface area contributed by atoms with Crippen LogP contribution in [0.15, 0.2) is 24.4 Å². The summed E-state index contributed by atoms with van der Waals surface area (Å²) in [4.78, 5) is 30.6. The Bertz CT molecular complexity index is 771. The Morgan fingerprint density at radius 1 is 1.04 bits per heavy atom. The van der Waals surface area contributed by atoms with Crippen LogP contribution in [-0.2, 0) is 12.8 Å². The summed E-state index contributed by atoms with van der Waals surface area (Å²) in [6.45, 7) is 5.52. The Labute approximate surface area is 147 Å². The van der Waals surface area contributed by atoms with Gasteiger partial charge >= 0.3 is 0 Å². The van der Waals surface area contributed by atoms with Crippen molar-refractivity contribution in [2.75, 3.05) is 31.1 Å². The predicted octanol–water partition coefficient (Wildman–Crippen LogP) is 2.02. The number of carbonyl (C=O) groups is 1. The molecule has 0 unspecified atom stereocenters. The maximum absolute atomic E-state index is 12.7. The van der Waals surface area contributed by atoms with Gasteiger partial charge in [0.05, 0.1) is 5.69 Å². The number of hydrogen-bond donors (Lipinski definition) is 0. The van der Waals surface area contributed by atoms with Crippen molar-refractivity contribution in [1.29, 1.82) is 0 Å². The van der Waals surface area contributed by atoms with E-state index in [0.717, 1.165) is 43.3 Å². The van der Waals surface area contributed by atoms with Crippen LogP contribution in [0.1, 0.15) is 40.3 Å². The van der Waals surface area contributed by atoms with Crippen LogP contribution in [0.5, 0.6) is 0 Å². The standard InChI is InChI=1S/C19H23N5O/c1-14-15-7-12-23(18(25)17-6-2-3-9-20-17)13-8-16(15)22-19(21-14)24-10-4-5-11-24/h2-3,6,9H,4-5,7-8,10-13H2,1H3. The molecular formula is C19H23N5O. The van der Waals surface area contributed by atoms with Gasteiger partial charge < -0.3 is 9.80 Å². The number of aromatic nitrogens is 3. The highest BCUT2D eigenvalue weighted by Gasteiger charge is 2.24. The lowest BCUT2D eigenvalue weighted by Crippen LogP contribution is -2.33. The summed E-state index contributed by atoms with van der Waals surface area (Å²) in [5.74, 6) is 0.858. The molecule has 0 bridgehead atoms. The summed E-state index contributed by atoms with van der Waals surface area (Å²) in [5.41, 5.74) is 3.87. The van der Waals surface area contributed by atoms with Gasteiger partial charge in [0.2, 0.25) is 5.95 Å². The van der Waals surface area contributed by atoms with Crippen molar-refractivity contribution in [2.24, 2.45) is 0 Å². The Morgan fingerprint density at radius 2 is 1.84 bits per heavy atom. The van der Waals surface area contributed by atoms with Gasteiger partial charge in [-0.25, -0.2) is 9.97 Å². The van der Waals surface area contributed by atoms with Crippen LogP contribution >= 0.6 is 0 Å². The third-order valence-corrected chi connectivity index (χ3v) is 5.10. The SMILES string of the molecule is Cc1nc(N2CCCC2)nc2c1CCN(C(=O)c1ccccn1)CC2. The first-order valence-electron chi connectivity index (χ1n) is 9.04. The number of carbonyl (C=O) groups excluding carboxylic acids is 1. The number of anilines is 1. The van der Waals surface area contributed by atoms with Gasteiger partial charge in [-0.15, -0.1) is 0 Å². The summed E-state index contributed by atoms with van der Waals surface area (Å²) >= 11 is 0. The number of rotatable bonds is 2.